The summed E-state index contributed by atoms with van der Waals surface area (Å²) in [5.74, 6) is 1.03. The molecule has 0 bridgehead atoms. The Hall–Kier alpha value is -1.46. The summed E-state index contributed by atoms with van der Waals surface area (Å²) in [6.07, 6.45) is 0.824. The molecule has 19 heavy (non-hydrogen) atoms. The van der Waals surface area contributed by atoms with Crippen molar-refractivity contribution in [2.45, 2.75) is 13.0 Å². The fraction of sp³-hybridized carbons (Fsp3) is 0.462. The van der Waals surface area contributed by atoms with Gasteiger partial charge < -0.3 is 19.5 Å². The number of hydrogen-bond donors (Lipinski definition) is 1. The van der Waals surface area contributed by atoms with Crippen LogP contribution >= 0.6 is 11.6 Å². The predicted molar refractivity (Wildman–Crippen MR) is 70.8 cm³/mol. The number of methoxy groups -OCH3 is 1. The van der Waals surface area contributed by atoms with E-state index in [1.807, 2.05) is 6.07 Å². The zero-order chi connectivity index (χ0) is 13.7. The van der Waals surface area contributed by atoms with Crippen molar-refractivity contribution in [2.24, 2.45) is 0 Å². The molecule has 104 valence electrons. The summed E-state index contributed by atoms with van der Waals surface area (Å²) in [4.78, 5) is 11.3. The van der Waals surface area contributed by atoms with Crippen molar-refractivity contribution in [3.63, 3.8) is 0 Å². The lowest BCUT2D eigenvalue weighted by atomic mass is 10.2. The van der Waals surface area contributed by atoms with Gasteiger partial charge in [0, 0.05) is 20.1 Å². The van der Waals surface area contributed by atoms with Gasteiger partial charge in [0.2, 0.25) is 5.91 Å². The van der Waals surface area contributed by atoms with Crippen LogP contribution in [0.15, 0.2) is 12.1 Å². The van der Waals surface area contributed by atoms with Crippen LogP contribution in [-0.4, -0.2) is 32.8 Å². The first-order valence-corrected chi connectivity index (χ1v) is 6.42. The summed E-state index contributed by atoms with van der Waals surface area (Å²) < 4.78 is 15.9. The molecule has 1 aromatic carbocycles. The highest BCUT2D eigenvalue weighted by Crippen LogP contribution is 2.37. The molecule has 1 aliphatic rings. The Bertz CT molecular complexity index is 464. The number of rotatable bonds is 4. The van der Waals surface area contributed by atoms with Gasteiger partial charge in [-0.25, -0.2) is 0 Å². The first kappa shape index (κ1) is 14.0. The van der Waals surface area contributed by atoms with Crippen LogP contribution in [-0.2, 0) is 16.1 Å². The summed E-state index contributed by atoms with van der Waals surface area (Å²) in [7, 11) is 1.48. The zero-order valence-electron chi connectivity index (χ0n) is 10.7. The van der Waals surface area contributed by atoms with E-state index in [1.165, 1.54) is 7.11 Å². The van der Waals surface area contributed by atoms with Crippen LogP contribution in [0.5, 0.6) is 11.5 Å². The maximum atomic E-state index is 11.3. The molecule has 0 fully saturated rings. The first-order valence-electron chi connectivity index (χ1n) is 6.04. The van der Waals surface area contributed by atoms with E-state index in [0.29, 0.717) is 36.3 Å². The lowest BCUT2D eigenvalue weighted by Crippen LogP contribution is -2.26. The normalized spacial score (nSPS) is 13.8. The third-order valence-electron chi connectivity index (χ3n) is 2.63. The first-order chi connectivity index (χ1) is 9.20. The Kier molecular flexibility index (Phi) is 4.87. The number of hydrogen-bond acceptors (Lipinski definition) is 4. The van der Waals surface area contributed by atoms with Gasteiger partial charge >= 0.3 is 0 Å². The molecule has 0 unspecified atom stereocenters. The quantitative estimate of drug-likeness (QED) is 0.916. The van der Waals surface area contributed by atoms with Gasteiger partial charge in [-0.1, -0.05) is 11.6 Å². The Morgan fingerprint density at radius 2 is 2.21 bits per heavy atom. The largest absolute Gasteiger partial charge is 0.489 e. The van der Waals surface area contributed by atoms with Crippen LogP contribution in [0.3, 0.4) is 0 Å². The van der Waals surface area contributed by atoms with Crippen molar-refractivity contribution in [2.75, 3.05) is 26.9 Å². The summed E-state index contributed by atoms with van der Waals surface area (Å²) in [5, 5.41) is 3.23. The van der Waals surface area contributed by atoms with Crippen molar-refractivity contribution in [3.05, 3.63) is 22.7 Å². The number of nitrogens with one attached hydrogen (secondary N) is 1. The molecule has 2 rings (SSSR count). The van der Waals surface area contributed by atoms with E-state index in [1.54, 1.807) is 6.07 Å². The fourth-order valence-electron chi connectivity index (χ4n) is 1.77. The molecule has 0 saturated heterocycles. The summed E-state index contributed by atoms with van der Waals surface area (Å²) in [6, 6.07) is 3.60. The minimum Gasteiger partial charge on any atom is -0.489 e. The molecule has 1 amide bonds. The molecule has 0 saturated carbocycles. The van der Waals surface area contributed by atoms with Gasteiger partial charge in [0.25, 0.3) is 0 Å². The summed E-state index contributed by atoms with van der Waals surface area (Å²) in [6.45, 7) is 1.61. The Balaban J connectivity index is 2.08. The van der Waals surface area contributed by atoms with Crippen LogP contribution in [0.1, 0.15) is 12.0 Å². The van der Waals surface area contributed by atoms with E-state index in [9.17, 15) is 4.79 Å². The van der Waals surface area contributed by atoms with Crippen LogP contribution in [0.25, 0.3) is 0 Å². The van der Waals surface area contributed by atoms with E-state index < -0.39 is 0 Å². The summed E-state index contributed by atoms with van der Waals surface area (Å²) >= 11 is 6.15. The smallest absolute Gasteiger partial charge is 0.246 e. The standard InChI is InChI=1S/C13H16ClNO4/c1-17-8-12(16)15-7-9-5-10(14)13-11(6-9)18-3-2-4-19-13/h5-6H,2-4,7-8H2,1H3,(H,15,16). The Morgan fingerprint density at radius 1 is 1.42 bits per heavy atom. The molecule has 1 aromatic rings. The van der Waals surface area contributed by atoms with Crippen LogP contribution in [0.4, 0.5) is 0 Å². The van der Waals surface area contributed by atoms with Gasteiger partial charge in [0.1, 0.15) is 6.61 Å². The third-order valence-corrected chi connectivity index (χ3v) is 2.91. The molecular weight excluding hydrogens is 270 g/mol. The molecule has 1 N–H and O–H groups in total. The van der Waals surface area contributed by atoms with E-state index in [2.05, 4.69) is 5.32 Å². The second-order valence-corrected chi connectivity index (χ2v) is 4.57. The molecule has 0 spiro atoms. The van der Waals surface area contributed by atoms with Gasteiger partial charge in [-0.2, -0.15) is 0 Å². The van der Waals surface area contributed by atoms with E-state index in [-0.39, 0.29) is 12.5 Å². The van der Waals surface area contributed by atoms with Gasteiger partial charge in [0.05, 0.1) is 18.2 Å². The third kappa shape index (κ3) is 3.75. The van der Waals surface area contributed by atoms with E-state index >= 15 is 0 Å². The van der Waals surface area contributed by atoms with Crippen molar-refractivity contribution in [1.82, 2.24) is 5.32 Å². The van der Waals surface area contributed by atoms with Gasteiger partial charge in [-0.05, 0) is 17.7 Å². The summed E-state index contributed by atoms with van der Waals surface area (Å²) in [5.41, 5.74) is 0.860. The van der Waals surface area contributed by atoms with Crippen molar-refractivity contribution in [1.29, 1.82) is 0 Å². The van der Waals surface area contributed by atoms with Crippen molar-refractivity contribution < 1.29 is 19.0 Å². The van der Waals surface area contributed by atoms with E-state index in [0.717, 1.165) is 12.0 Å². The van der Waals surface area contributed by atoms with E-state index in [4.69, 9.17) is 25.8 Å². The highest BCUT2D eigenvalue weighted by atomic mass is 35.5. The highest BCUT2D eigenvalue weighted by molar-refractivity contribution is 6.32. The van der Waals surface area contributed by atoms with Gasteiger partial charge in [-0.15, -0.1) is 0 Å². The monoisotopic (exact) mass is 285 g/mol. The second-order valence-electron chi connectivity index (χ2n) is 4.17. The minimum absolute atomic E-state index is 0.0400. The van der Waals surface area contributed by atoms with Gasteiger partial charge in [-0.3, -0.25) is 4.79 Å². The topological polar surface area (TPSA) is 56.8 Å². The Labute approximate surface area is 116 Å². The molecule has 5 nitrogen and oxygen atoms in total. The van der Waals surface area contributed by atoms with Gasteiger partial charge in [0.15, 0.2) is 11.5 Å². The Morgan fingerprint density at radius 3 is 3.00 bits per heavy atom. The molecule has 1 heterocycles. The molecule has 0 atom stereocenters. The highest BCUT2D eigenvalue weighted by Gasteiger charge is 2.15. The predicted octanol–water partition coefficient (Wildman–Crippen LogP) is 1.76. The average Bonchev–Trinajstić information content (AvgIpc) is 2.62. The van der Waals surface area contributed by atoms with Crippen LogP contribution in [0.2, 0.25) is 5.02 Å². The molecule has 1 aliphatic heterocycles. The molecule has 0 radical (unpaired) electrons. The fourth-order valence-corrected chi connectivity index (χ4v) is 2.06. The van der Waals surface area contributed by atoms with Crippen LogP contribution in [0, 0.1) is 0 Å². The number of fused-ring (bicyclic) bond motifs is 1. The van der Waals surface area contributed by atoms with Crippen molar-refractivity contribution >= 4 is 17.5 Å². The number of ether oxygens (including phenoxy) is 3. The number of halogens is 1. The lowest BCUT2D eigenvalue weighted by Gasteiger charge is -2.12. The number of carbonyl (C=O) groups is 1. The zero-order valence-corrected chi connectivity index (χ0v) is 11.5. The molecule has 0 aliphatic carbocycles. The lowest BCUT2D eigenvalue weighted by molar-refractivity contribution is -0.124. The number of carbonyl (C=O) groups excluding carboxylic acids is 1. The maximum absolute atomic E-state index is 11.3. The molecular formula is C13H16ClNO4. The number of benzene rings is 1. The average molecular weight is 286 g/mol. The molecule has 6 heteroatoms. The maximum Gasteiger partial charge on any atom is 0.246 e. The van der Waals surface area contributed by atoms with Crippen LogP contribution < -0.4 is 14.8 Å². The van der Waals surface area contributed by atoms with Crippen molar-refractivity contribution in [3.8, 4) is 11.5 Å². The SMILES string of the molecule is COCC(=O)NCc1cc(Cl)c2c(c1)OCCCO2. The second kappa shape index (κ2) is 6.63. The number of amides is 1. The minimum atomic E-state index is -0.175. The molecule has 0 aromatic heterocycles.